The molecule has 0 aliphatic carbocycles. The number of nitrogens with one attached hydrogen (secondary N) is 2. The van der Waals surface area contributed by atoms with Gasteiger partial charge in [-0.2, -0.15) is 0 Å². The van der Waals surface area contributed by atoms with Gasteiger partial charge in [0.1, 0.15) is 11.6 Å². The van der Waals surface area contributed by atoms with Crippen molar-refractivity contribution < 1.29 is 27.5 Å². The van der Waals surface area contributed by atoms with Crippen LogP contribution in [0.25, 0.3) is 0 Å². The maximum Gasteiger partial charge on any atom is 0.573 e. The minimum atomic E-state index is -4.79. The number of hydrogen-bond donors (Lipinski definition) is 2. The van der Waals surface area contributed by atoms with Gasteiger partial charge in [0, 0.05) is 17.7 Å². The molecule has 2 amide bonds. The Morgan fingerprint density at radius 3 is 2.57 bits per heavy atom. The Kier molecular flexibility index (Phi) is 6.61. The number of aryl methyl sites for hydroxylation is 1. The maximum atomic E-state index is 12.5. The van der Waals surface area contributed by atoms with Crippen molar-refractivity contribution in [3.8, 4) is 5.75 Å². The van der Waals surface area contributed by atoms with E-state index in [-0.39, 0.29) is 29.5 Å². The van der Waals surface area contributed by atoms with E-state index in [0.717, 1.165) is 0 Å². The van der Waals surface area contributed by atoms with E-state index < -0.39 is 18.3 Å². The van der Waals surface area contributed by atoms with Crippen LogP contribution in [-0.2, 0) is 4.79 Å². The van der Waals surface area contributed by atoms with Gasteiger partial charge in [0.15, 0.2) is 0 Å². The van der Waals surface area contributed by atoms with Crippen LogP contribution in [0.15, 0.2) is 36.4 Å². The van der Waals surface area contributed by atoms with E-state index in [1.54, 1.807) is 32.9 Å². The highest BCUT2D eigenvalue weighted by Gasteiger charge is 2.31. The second kappa shape index (κ2) is 8.73. The van der Waals surface area contributed by atoms with Crippen molar-refractivity contribution in [1.82, 2.24) is 10.3 Å². The molecule has 1 aromatic carbocycles. The van der Waals surface area contributed by atoms with E-state index in [2.05, 4.69) is 20.4 Å². The summed E-state index contributed by atoms with van der Waals surface area (Å²) in [5, 5.41) is 5.30. The van der Waals surface area contributed by atoms with Gasteiger partial charge in [0.05, 0.1) is 6.04 Å². The minimum Gasteiger partial charge on any atom is -0.406 e. The number of halogens is 3. The van der Waals surface area contributed by atoms with Gasteiger partial charge in [-0.3, -0.25) is 9.59 Å². The zero-order valence-corrected chi connectivity index (χ0v) is 15.6. The Bertz CT molecular complexity index is 869. The third-order valence-electron chi connectivity index (χ3n) is 3.74. The normalized spacial score (nSPS) is 12.2. The molecular formula is C19H20F3N3O3. The minimum absolute atomic E-state index is 0.237. The number of alkyl halides is 3. The fraction of sp³-hybridized carbons (Fsp3) is 0.316. The molecule has 0 spiro atoms. The third-order valence-corrected chi connectivity index (χ3v) is 3.74. The maximum absolute atomic E-state index is 12.5. The number of nitrogens with zero attached hydrogens (tertiary/aromatic N) is 1. The molecule has 9 heteroatoms. The molecule has 2 rings (SSSR count). The van der Waals surface area contributed by atoms with Crippen molar-refractivity contribution in [3.05, 3.63) is 53.2 Å². The zero-order chi connectivity index (χ0) is 20.9. The van der Waals surface area contributed by atoms with Crippen LogP contribution in [0.1, 0.15) is 47.9 Å². The summed E-state index contributed by atoms with van der Waals surface area (Å²) < 4.78 is 41.0. The molecule has 1 aromatic heterocycles. The predicted molar refractivity (Wildman–Crippen MR) is 96.9 cm³/mol. The number of pyridine rings is 1. The summed E-state index contributed by atoms with van der Waals surface area (Å²) in [7, 11) is 0. The smallest absolute Gasteiger partial charge is 0.406 e. The summed E-state index contributed by atoms with van der Waals surface area (Å²) in [5.74, 6) is -0.799. The van der Waals surface area contributed by atoms with E-state index in [1.807, 2.05) is 0 Å². The molecule has 2 aromatic rings. The number of hydrogen-bond acceptors (Lipinski definition) is 4. The van der Waals surface area contributed by atoms with Crippen LogP contribution in [0.4, 0.5) is 19.0 Å². The van der Waals surface area contributed by atoms with Crippen molar-refractivity contribution in [3.63, 3.8) is 0 Å². The molecule has 28 heavy (non-hydrogen) atoms. The highest BCUT2D eigenvalue weighted by molar-refractivity contribution is 5.96. The van der Waals surface area contributed by atoms with Crippen molar-refractivity contribution >= 4 is 17.6 Å². The molecule has 0 aliphatic heterocycles. The fourth-order valence-corrected chi connectivity index (χ4v) is 2.44. The average Bonchev–Trinajstić information content (AvgIpc) is 2.59. The molecular weight excluding hydrogens is 375 g/mol. The van der Waals surface area contributed by atoms with Crippen LogP contribution < -0.4 is 15.4 Å². The van der Waals surface area contributed by atoms with Gasteiger partial charge in [-0.05, 0) is 43.7 Å². The summed E-state index contributed by atoms with van der Waals surface area (Å²) >= 11 is 0. The Hall–Kier alpha value is -3.10. The van der Waals surface area contributed by atoms with Gasteiger partial charge in [0.2, 0.25) is 5.91 Å². The molecule has 0 bridgehead atoms. The molecule has 1 heterocycles. The van der Waals surface area contributed by atoms with Crippen LogP contribution in [0.2, 0.25) is 0 Å². The van der Waals surface area contributed by atoms with Crippen molar-refractivity contribution in [2.24, 2.45) is 0 Å². The number of benzene rings is 1. The lowest BCUT2D eigenvalue weighted by Gasteiger charge is -2.17. The second-order valence-corrected chi connectivity index (χ2v) is 6.10. The number of carbonyl (C=O) groups excluding carboxylic acids is 2. The van der Waals surface area contributed by atoms with Gasteiger partial charge in [-0.25, -0.2) is 4.98 Å². The first-order valence-corrected chi connectivity index (χ1v) is 8.52. The van der Waals surface area contributed by atoms with E-state index in [0.29, 0.717) is 11.3 Å². The standard InChI is InChI=1S/C19H20F3N3O3/c1-4-17(26)25-16-10-14(8-11(2)23-16)18(27)24-12(3)13-6-5-7-15(9-13)28-19(20,21)22/h5-10,12H,4H2,1-3H3,(H,24,27)(H,23,25,26). The Balaban J connectivity index is 2.14. The van der Waals surface area contributed by atoms with Crippen LogP contribution in [0, 0.1) is 6.92 Å². The lowest BCUT2D eigenvalue weighted by molar-refractivity contribution is -0.274. The monoisotopic (exact) mass is 395 g/mol. The van der Waals surface area contributed by atoms with Gasteiger partial charge in [-0.1, -0.05) is 19.1 Å². The predicted octanol–water partition coefficient (Wildman–Crippen LogP) is 4.13. The summed E-state index contributed by atoms with van der Waals surface area (Å²) in [6.07, 6.45) is -4.52. The van der Waals surface area contributed by atoms with Crippen molar-refractivity contribution in [1.29, 1.82) is 0 Å². The van der Waals surface area contributed by atoms with E-state index >= 15 is 0 Å². The second-order valence-electron chi connectivity index (χ2n) is 6.10. The highest BCUT2D eigenvalue weighted by atomic mass is 19.4. The molecule has 0 saturated carbocycles. The summed E-state index contributed by atoms with van der Waals surface area (Å²) in [5.41, 5.74) is 1.25. The van der Waals surface area contributed by atoms with Crippen LogP contribution >= 0.6 is 0 Å². The molecule has 0 fully saturated rings. The number of ether oxygens (including phenoxy) is 1. The lowest BCUT2D eigenvalue weighted by Crippen LogP contribution is -2.27. The number of aromatic nitrogens is 1. The Morgan fingerprint density at radius 2 is 1.93 bits per heavy atom. The first-order valence-electron chi connectivity index (χ1n) is 8.52. The summed E-state index contributed by atoms with van der Waals surface area (Å²) in [4.78, 5) is 28.2. The van der Waals surface area contributed by atoms with Crippen molar-refractivity contribution in [2.45, 2.75) is 39.6 Å². The van der Waals surface area contributed by atoms with Gasteiger partial charge < -0.3 is 15.4 Å². The molecule has 0 aliphatic rings. The van der Waals surface area contributed by atoms with Crippen LogP contribution in [-0.4, -0.2) is 23.2 Å². The summed E-state index contributed by atoms with van der Waals surface area (Å²) in [6, 6.07) is 7.79. The van der Waals surface area contributed by atoms with Crippen molar-refractivity contribution in [2.75, 3.05) is 5.32 Å². The molecule has 150 valence electrons. The first kappa shape index (κ1) is 21.2. The molecule has 0 saturated heterocycles. The van der Waals surface area contributed by atoms with Crippen LogP contribution in [0.5, 0.6) is 5.75 Å². The molecule has 1 atom stereocenters. The molecule has 1 unspecified atom stereocenters. The topological polar surface area (TPSA) is 80.3 Å². The van der Waals surface area contributed by atoms with E-state index in [1.165, 1.54) is 24.3 Å². The number of rotatable bonds is 6. The highest BCUT2D eigenvalue weighted by Crippen LogP contribution is 2.25. The van der Waals surface area contributed by atoms with Gasteiger partial charge in [0.25, 0.3) is 5.91 Å². The Morgan fingerprint density at radius 1 is 1.21 bits per heavy atom. The zero-order valence-electron chi connectivity index (χ0n) is 15.6. The quantitative estimate of drug-likeness (QED) is 0.771. The van der Waals surface area contributed by atoms with Gasteiger partial charge >= 0.3 is 6.36 Å². The first-order chi connectivity index (χ1) is 13.1. The average molecular weight is 395 g/mol. The van der Waals surface area contributed by atoms with Gasteiger partial charge in [-0.15, -0.1) is 13.2 Å². The Labute approximate surface area is 160 Å². The number of amides is 2. The molecule has 6 nitrogen and oxygen atoms in total. The molecule has 2 N–H and O–H groups in total. The lowest BCUT2D eigenvalue weighted by atomic mass is 10.1. The number of carbonyl (C=O) groups is 2. The number of anilines is 1. The third kappa shape index (κ3) is 6.26. The molecule has 0 radical (unpaired) electrons. The van der Waals surface area contributed by atoms with Crippen LogP contribution in [0.3, 0.4) is 0 Å². The van der Waals surface area contributed by atoms with E-state index in [9.17, 15) is 22.8 Å². The fourth-order valence-electron chi connectivity index (χ4n) is 2.44. The SMILES string of the molecule is CCC(=O)Nc1cc(C(=O)NC(C)c2cccc(OC(F)(F)F)c2)cc(C)n1. The largest absolute Gasteiger partial charge is 0.573 e. The summed E-state index contributed by atoms with van der Waals surface area (Å²) in [6.45, 7) is 5.01. The van der Waals surface area contributed by atoms with E-state index in [4.69, 9.17) is 0 Å².